The van der Waals surface area contributed by atoms with Gasteiger partial charge in [-0.2, -0.15) is 0 Å². The summed E-state index contributed by atoms with van der Waals surface area (Å²) in [7, 11) is 0. The first-order chi connectivity index (χ1) is 10.0. The Morgan fingerprint density at radius 2 is 2.14 bits per heavy atom. The molecule has 7 heteroatoms. The molecule has 3 heterocycles. The van der Waals surface area contributed by atoms with E-state index in [1.165, 1.54) is 0 Å². The van der Waals surface area contributed by atoms with E-state index in [2.05, 4.69) is 20.4 Å². The summed E-state index contributed by atoms with van der Waals surface area (Å²) in [6, 6.07) is 1.87. The fourth-order valence-electron chi connectivity index (χ4n) is 2.19. The van der Waals surface area contributed by atoms with Crippen LogP contribution < -0.4 is 10.9 Å². The maximum absolute atomic E-state index is 12.1. The average Bonchev–Trinajstić information content (AvgIpc) is 2.95. The number of rotatable bonds is 4. The van der Waals surface area contributed by atoms with Gasteiger partial charge in [-0.25, -0.2) is 4.98 Å². The molecule has 0 fully saturated rings. The number of aromatic amines is 1. The Morgan fingerprint density at radius 1 is 1.33 bits per heavy atom. The Balaban J connectivity index is 1.77. The molecule has 0 unspecified atom stereocenters. The van der Waals surface area contributed by atoms with Crippen molar-refractivity contribution in [2.24, 2.45) is 0 Å². The quantitative estimate of drug-likeness (QED) is 0.772. The number of thiophene rings is 1. The average molecular weight is 304 g/mol. The Morgan fingerprint density at radius 3 is 2.86 bits per heavy atom. The summed E-state index contributed by atoms with van der Waals surface area (Å²) in [5.41, 5.74) is 1.77. The molecule has 0 radical (unpaired) electrons. The van der Waals surface area contributed by atoms with Crippen LogP contribution in [0.3, 0.4) is 0 Å². The Labute approximate surface area is 125 Å². The summed E-state index contributed by atoms with van der Waals surface area (Å²) in [6.45, 7) is 6.86. The van der Waals surface area contributed by atoms with Gasteiger partial charge in [0.2, 0.25) is 0 Å². The van der Waals surface area contributed by atoms with E-state index in [1.54, 1.807) is 11.3 Å². The predicted molar refractivity (Wildman–Crippen MR) is 81.5 cm³/mol. The highest BCUT2D eigenvalue weighted by molar-refractivity contribution is 7.18. The minimum absolute atomic E-state index is 0.0732. The number of fused-ring (bicyclic) bond motifs is 1. The van der Waals surface area contributed by atoms with Crippen molar-refractivity contribution in [1.82, 2.24) is 20.4 Å². The van der Waals surface area contributed by atoms with Crippen LogP contribution in [-0.2, 0) is 13.1 Å². The normalized spacial score (nSPS) is 11.4. The SMILES string of the molecule is Cc1cc(CNCc2nc3sc(C)c(C)c3c(=O)[nH]2)no1. The van der Waals surface area contributed by atoms with Gasteiger partial charge in [0.25, 0.3) is 5.56 Å². The minimum Gasteiger partial charge on any atom is -0.361 e. The fraction of sp³-hybridized carbons (Fsp3) is 0.357. The number of aryl methyl sites for hydroxylation is 3. The Kier molecular flexibility index (Phi) is 3.60. The van der Waals surface area contributed by atoms with Gasteiger partial charge in [0.1, 0.15) is 16.4 Å². The summed E-state index contributed by atoms with van der Waals surface area (Å²) in [6.07, 6.45) is 0. The van der Waals surface area contributed by atoms with E-state index in [0.29, 0.717) is 24.3 Å². The van der Waals surface area contributed by atoms with Gasteiger partial charge in [-0.3, -0.25) is 4.79 Å². The summed E-state index contributed by atoms with van der Waals surface area (Å²) in [5, 5.41) is 7.80. The molecule has 0 spiro atoms. The first-order valence-corrected chi connectivity index (χ1v) is 7.48. The van der Waals surface area contributed by atoms with E-state index in [0.717, 1.165) is 26.7 Å². The first-order valence-electron chi connectivity index (χ1n) is 6.66. The molecule has 0 aliphatic carbocycles. The number of hydrogen-bond acceptors (Lipinski definition) is 6. The van der Waals surface area contributed by atoms with Gasteiger partial charge in [-0.1, -0.05) is 5.16 Å². The maximum atomic E-state index is 12.1. The molecule has 0 aliphatic heterocycles. The smallest absolute Gasteiger partial charge is 0.259 e. The van der Waals surface area contributed by atoms with Crippen molar-refractivity contribution >= 4 is 21.6 Å². The highest BCUT2D eigenvalue weighted by atomic mass is 32.1. The molecule has 21 heavy (non-hydrogen) atoms. The molecule has 0 bridgehead atoms. The molecule has 6 nitrogen and oxygen atoms in total. The number of aromatic nitrogens is 3. The summed E-state index contributed by atoms with van der Waals surface area (Å²) in [4.78, 5) is 21.4. The molecule has 0 saturated heterocycles. The van der Waals surface area contributed by atoms with Gasteiger partial charge in [0.15, 0.2) is 0 Å². The second-order valence-electron chi connectivity index (χ2n) is 5.01. The van der Waals surface area contributed by atoms with E-state index >= 15 is 0 Å². The van der Waals surface area contributed by atoms with Crippen molar-refractivity contribution in [3.8, 4) is 0 Å². The number of hydrogen-bond donors (Lipinski definition) is 2. The zero-order valence-corrected chi connectivity index (χ0v) is 12.9. The predicted octanol–water partition coefficient (Wildman–Crippen LogP) is 2.19. The van der Waals surface area contributed by atoms with E-state index < -0.39 is 0 Å². The lowest BCUT2D eigenvalue weighted by atomic mass is 10.2. The third-order valence-electron chi connectivity index (χ3n) is 3.36. The molecule has 0 atom stereocenters. The number of nitrogens with one attached hydrogen (secondary N) is 2. The highest BCUT2D eigenvalue weighted by Crippen LogP contribution is 2.25. The van der Waals surface area contributed by atoms with Crippen molar-refractivity contribution in [3.05, 3.63) is 44.1 Å². The van der Waals surface area contributed by atoms with Crippen LogP contribution in [-0.4, -0.2) is 15.1 Å². The van der Waals surface area contributed by atoms with Gasteiger partial charge in [0.05, 0.1) is 17.6 Å². The van der Waals surface area contributed by atoms with Gasteiger partial charge < -0.3 is 14.8 Å². The van der Waals surface area contributed by atoms with Crippen LogP contribution >= 0.6 is 11.3 Å². The third-order valence-corrected chi connectivity index (χ3v) is 4.46. The van der Waals surface area contributed by atoms with Crippen LogP contribution in [0, 0.1) is 20.8 Å². The molecule has 0 aliphatic rings. The van der Waals surface area contributed by atoms with Crippen LogP contribution in [0.15, 0.2) is 15.4 Å². The van der Waals surface area contributed by atoms with Crippen LogP contribution in [0.5, 0.6) is 0 Å². The van der Waals surface area contributed by atoms with E-state index in [1.807, 2.05) is 26.8 Å². The largest absolute Gasteiger partial charge is 0.361 e. The Hall–Kier alpha value is -1.99. The molecule has 110 valence electrons. The Bertz CT molecular complexity index is 846. The molecule has 0 saturated carbocycles. The van der Waals surface area contributed by atoms with E-state index in [-0.39, 0.29) is 5.56 Å². The zero-order chi connectivity index (χ0) is 15.0. The second kappa shape index (κ2) is 5.42. The van der Waals surface area contributed by atoms with Crippen molar-refractivity contribution in [2.75, 3.05) is 0 Å². The lowest BCUT2D eigenvalue weighted by molar-refractivity contribution is 0.388. The van der Waals surface area contributed by atoms with Crippen molar-refractivity contribution in [2.45, 2.75) is 33.9 Å². The molecular weight excluding hydrogens is 288 g/mol. The molecular formula is C14H16N4O2S. The van der Waals surface area contributed by atoms with Gasteiger partial charge in [0, 0.05) is 17.5 Å². The van der Waals surface area contributed by atoms with Gasteiger partial charge in [-0.15, -0.1) is 11.3 Å². The zero-order valence-electron chi connectivity index (χ0n) is 12.1. The second-order valence-corrected chi connectivity index (χ2v) is 6.21. The monoisotopic (exact) mass is 304 g/mol. The minimum atomic E-state index is -0.0732. The van der Waals surface area contributed by atoms with Crippen LogP contribution in [0.4, 0.5) is 0 Å². The first kappa shape index (κ1) is 14.0. The lowest BCUT2D eigenvalue weighted by Gasteiger charge is -2.02. The van der Waals surface area contributed by atoms with E-state index in [9.17, 15) is 4.79 Å². The van der Waals surface area contributed by atoms with Gasteiger partial charge in [-0.05, 0) is 26.3 Å². The van der Waals surface area contributed by atoms with E-state index in [4.69, 9.17) is 4.52 Å². The van der Waals surface area contributed by atoms with Crippen LogP contribution in [0.25, 0.3) is 10.2 Å². The number of nitrogens with zero attached hydrogens (tertiary/aromatic N) is 2. The summed E-state index contributed by atoms with van der Waals surface area (Å²) in [5.74, 6) is 1.42. The van der Waals surface area contributed by atoms with Crippen molar-refractivity contribution < 1.29 is 4.52 Å². The topological polar surface area (TPSA) is 83.8 Å². The molecule has 2 N–H and O–H groups in total. The van der Waals surface area contributed by atoms with Crippen LogP contribution in [0.1, 0.15) is 27.7 Å². The fourth-order valence-corrected chi connectivity index (χ4v) is 3.24. The van der Waals surface area contributed by atoms with Crippen molar-refractivity contribution in [1.29, 1.82) is 0 Å². The molecule has 3 aromatic rings. The third kappa shape index (κ3) is 2.74. The van der Waals surface area contributed by atoms with Crippen molar-refractivity contribution in [3.63, 3.8) is 0 Å². The summed E-state index contributed by atoms with van der Waals surface area (Å²) < 4.78 is 5.00. The highest BCUT2D eigenvalue weighted by Gasteiger charge is 2.11. The standard InChI is InChI=1S/C14H16N4O2S/c1-7-4-10(18-20-7)5-15-6-11-16-13(19)12-8(2)9(3)21-14(12)17-11/h4,15H,5-6H2,1-3H3,(H,16,17,19). The lowest BCUT2D eigenvalue weighted by Crippen LogP contribution is -2.19. The number of H-pyrrole nitrogens is 1. The van der Waals surface area contributed by atoms with Gasteiger partial charge >= 0.3 is 0 Å². The van der Waals surface area contributed by atoms with Crippen LogP contribution in [0.2, 0.25) is 0 Å². The summed E-state index contributed by atoms with van der Waals surface area (Å²) >= 11 is 1.55. The molecule has 3 rings (SSSR count). The maximum Gasteiger partial charge on any atom is 0.259 e. The molecule has 0 amide bonds. The molecule has 3 aromatic heterocycles. The molecule has 0 aromatic carbocycles.